The third kappa shape index (κ3) is 10.4. The lowest BCUT2D eigenvalue weighted by molar-refractivity contribution is -0.141. The van der Waals surface area contributed by atoms with Crippen LogP contribution in [0.4, 0.5) is 0 Å². The van der Waals surface area contributed by atoms with Crippen LogP contribution in [-0.4, -0.2) is 81.5 Å². The zero-order valence-corrected chi connectivity index (χ0v) is 24.6. The Hall–Kier alpha value is -2.97. The maximum absolute atomic E-state index is 13.2. The van der Waals surface area contributed by atoms with Crippen molar-refractivity contribution in [2.24, 2.45) is 11.7 Å². The first-order valence-electron chi connectivity index (χ1n) is 13.8. The average Bonchev–Trinajstić information content (AvgIpc) is 2.94. The molecule has 4 amide bonds. The highest BCUT2D eigenvalue weighted by Gasteiger charge is 2.33. The van der Waals surface area contributed by atoms with Crippen LogP contribution in [0.3, 0.4) is 0 Å². The largest absolute Gasteiger partial charge is 0.508 e. The molecule has 1 aromatic carbocycles. The molecule has 0 aromatic heterocycles. The molecule has 5 atom stereocenters. The molecule has 0 radical (unpaired) electrons. The molecule has 8 N–H and O–H groups in total. The van der Waals surface area contributed by atoms with Crippen molar-refractivity contribution in [3.8, 4) is 5.75 Å². The summed E-state index contributed by atoms with van der Waals surface area (Å²) in [6.07, 6.45) is 5.60. The van der Waals surface area contributed by atoms with Crippen molar-refractivity contribution in [2.75, 3.05) is 11.5 Å². The Kier molecular flexibility index (Phi) is 12.6. The first kappa shape index (κ1) is 32.5. The quantitative estimate of drug-likeness (QED) is 0.216. The molecule has 1 saturated heterocycles. The van der Waals surface area contributed by atoms with Gasteiger partial charge in [0.25, 0.3) is 0 Å². The van der Waals surface area contributed by atoms with Gasteiger partial charge in [0.1, 0.15) is 29.9 Å². The van der Waals surface area contributed by atoms with Gasteiger partial charge in [0.2, 0.25) is 23.6 Å². The summed E-state index contributed by atoms with van der Waals surface area (Å²) in [4.78, 5) is 64.1. The summed E-state index contributed by atoms with van der Waals surface area (Å²) >= 11 is 0. The lowest BCUT2D eigenvalue weighted by Gasteiger charge is -2.29. The van der Waals surface area contributed by atoms with Crippen LogP contribution in [0.2, 0.25) is 0 Å². The SMILES string of the molecule is C[C@@H]1NC(=O)[C@@H](NC(=O)[C@@H](N)Cc2ccc(O)cc2)CSSC[C@@H](C(=O)O)NC(=O)[C@H](CC2CCCCC2)NC1=O. The van der Waals surface area contributed by atoms with Gasteiger partial charge in [0.15, 0.2) is 0 Å². The number of carboxylic acid groups (broad SMARTS) is 1. The number of carboxylic acids is 1. The molecular weight excluding hydrogens is 570 g/mol. The molecule has 14 heteroatoms. The van der Waals surface area contributed by atoms with Gasteiger partial charge in [-0.15, -0.1) is 0 Å². The molecule has 1 heterocycles. The molecule has 226 valence electrons. The second-order valence-corrected chi connectivity index (χ2v) is 13.1. The number of carbonyl (C=O) groups is 5. The minimum absolute atomic E-state index is 0.00882. The van der Waals surface area contributed by atoms with Gasteiger partial charge in [-0.25, -0.2) is 4.79 Å². The molecule has 41 heavy (non-hydrogen) atoms. The number of hydrogen-bond donors (Lipinski definition) is 7. The number of carbonyl (C=O) groups excluding carboxylic acids is 4. The van der Waals surface area contributed by atoms with Gasteiger partial charge < -0.3 is 37.2 Å². The third-order valence-electron chi connectivity index (χ3n) is 7.21. The number of phenolic OH excluding ortho intramolecular Hbond substituents is 1. The highest BCUT2D eigenvalue weighted by atomic mass is 33.1. The molecule has 2 fully saturated rings. The van der Waals surface area contributed by atoms with Crippen LogP contribution in [0.25, 0.3) is 0 Å². The van der Waals surface area contributed by atoms with Crippen LogP contribution in [0.15, 0.2) is 24.3 Å². The van der Waals surface area contributed by atoms with Gasteiger partial charge in [-0.3, -0.25) is 19.2 Å². The van der Waals surface area contributed by atoms with Crippen molar-refractivity contribution < 1.29 is 34.2 Å². The lowest BCUT2D eigenvalue weighted by atomic mass is 9.84. The van der Waals surface area contributed by atoms with E-state index in [0.717, 1.165) is 59.3 Å². The third-order valence-corrected chi connectivity index (χ3v) is 9.63. The average molecular weight is 610 g/mol. The number of aromatic hydroxyl groups is 1. The van der Waals surface area contributed by atoms with Crippen molar-refractivity contribution in [1.29, 1.82) is 0 Å². The molecule has 0 spiro atoms. The summed E-state index contributed by atoms with van der Waals surface area (Å²) in [5.74, 6) is -3.17. The number of nitrogens with two attached hydrogens (primary N) is 1. The van der Waals surface area contributed by atoms with Gasteiger partial charge in [0, 0.05) is 11.5 Å². The maximum Gasteiger partial charge on any atom is 0.327 e. The topological polar surface area (TPSA) is 200 Å². The van der Waals surface area contributed by atoms with Gasteiger partial charge >= 0.3 is 5.97 Å². The first-order chi connectivity index (χ1) is 19.5. The number of hydrogen-bond acceptors (Lipinski definition) is 9. The van der Waals surface area contributed by atoms with Crippen LogP contribution >= 0.6 is 21.6 Å². The summed E-state index contributed by atoms with van der Waals surface area (Å²) in [5, 5.41) is 29.7. The Balaban J connectivity index is 1.72. The van der Waals surface area contributed by atoms with Crippen molar-refractivity contribution >= 4 is 51.2 Å². The van der Waals surface area contributed by atoms with E-state index in [9.17, 15) is 34.2 Å². The Morgan fingerprint density at radius 1 is 0.976 bits per heavy atom. The van der Waals surface area contributed by atoms with E-state index >= 15 is 0 Å². The monoisotopic (exact) mass is 609 g/mol. The molecule has 3 rings (SSSR count). The highest BCUT2D eigenvalue weighted by molar-refractivity contribution is 8.76. The second kappa shape index (κ2) is 15.9. The summed E-state index contributed by atoms with van der Waals surface area (Å²) in [6, 6.07) is 1.05. The van der Waals surface area contributed by atoms with Gasteiger partial charge in [-0.05, 0) is 43.4 Å². The predicted molar refractivity (Wildman–Crippen MR) is 157 cm³/mol. The first-order valence-corrected chi connectivity index (χ1v) is 16.2. The summed E-state index contributed by atoms with van der Waals surface area (Å²) in [7, 11) is 2.31. The summed E-state index contributed by atoms with van der Waals surface area (Å²) in [6.45, 7) is 1.48. The van der Waals surface area contributed by atoms with E-state index in [2.05, 4.69) is 21.3 Å². The molecule has 0 unspecified atom stereocenters. The smallest absolute Gasteiger partial charge is 0.327 e. The minimum atomic E-state index is -1.21. The van der Waals surface area contributed by atoms with Gasteiger partial charge in [-0.1, -0.05) is 65.8 Å². The van der Waals surface area contributed by atoms with Crippen molar-refractivity contribution in [2.45, 2.75) is 82.1 Å². The summed E-state index contributed by atoms with van der Waals surface area (Å²) in [5.41, 5.74) is 6.80. The van der Waals surface area contributed by atoms with E-state index in [1.54, 1.807) is 12.1 Å². The van der Waals surface area contributed by atoms with E-state index in [0.29, 0.717) is 6.42 Å². The molecule has 1 saturated carbocycles. The molecule has 0 bridgehead atoms. The number of rotatable bonds is 7. The van der Waals surface area contributed by atoms with Crippen LogP contribution in [-0.2, 0) is 30.4 Å². The van der Waals surface area contributed by atoms with Crippen LogP contribution in [0, 0.1) is 5.92 Å². The van der Waals surface area contributed by atoms with Crippen molar-refractivity contribution in [3.05, 3.63) is 29.8 Å². The number of phenols is 1. The minimum Gasteiger partial charge on any atom is -0.508 e. The maximum atomic E-state index is 13.2. The summed E-state index contributed by atoms with van der Waals surface area (Å²) < 4.78 is 0. The number of nitrogens with one attached hydrogen (secondary N) is 4. The fourth-order valence-electron chi connectivity index (χ4n) is 4.78. The normalized spacial score (nSPS) is 26.0. The Bertz CT molecular complexity index is 1080. The van der Waals surface area contributed by atoms with E-state index in [1.807, 2.05) is 0 Å². The van der Waals surface area contributed by atoms with E-state index in [4.69, 9.17) is 5.73 Å². The van der Waals surface area contributed by atoms with Gasteiger partial charge in [0.05, 0.1) is 6.04 Å². The molecular formula is C27H39N5O7S2. The highest BCUT2D eigenvalue weighted by Crippen LogP contribution is 2.28. The standard InChI is InChI=1S/C27H39N5O7S2/c1-15-23(34)30-20(12-16-5-3-2-4-6-16)25(36)32-22(27(38)39)14-41-40-13-21(26(37)29-15)31-24(35)19(28)11-17-7-9-18(33)10-8-17/h7-10,15-16,19-22,33H,2-6,11-14,28H2,1H3,(H,29,37)(H,30,34)(H,31,35)(H,32,36)(H,38,39)/t15-,19-,20-,21-,22-/m0/s1. The van der Waals surface area contributed by atoms with E-state index < -0.39 is 59.8 Å². The van der Waals surface area contributed by atoms with Crippen molar-refractivity contribution in [1.82, 2.24) is 21.3 Å². The molecule has 2 aliphatic rings. The molecule has 1 aromatic rings. The predicted octanol–water partition coefficient (Wildman–Crippen LogP) is 0.671. The van der Waals surface area contributed by atoms with Gasteiger partial charge in [-0.2, -0.15) is 0 Å². The second-order valence-electron chi connectivity index (χ2n) is 10.5. The molecule has 12 nitrogen and oxygen atoms in total. The fraction of sp³-hybridized carbons (Fsp3) is 0.593. The lowest BCUT2D eigenvalue weighted by Crippen LogP contribution is -2.59. The zero-order chi connectivity index (χ0) is 29.9. The Morgan fingerprint density at radius 3 is 2.29 bits per heavy atom. The molecule has 1 aliphatic carbocycles. The zero-order valence-electron chi connectivity index (χ0n) is 23.0. The van der Waals surface area contributed by atoms with Crippen LogP contribution in [0.5, 0.6) is 5.75 Å². The Labute approximate surface area is 247 Å². The number of amides is 4. The number of aliphatic carboxylic acids is 1. The van der Waals surface area contributed by atoms with Crippen LogP contribution < -0.4 is 27.0 Å². The van der Waals surface area contributed by atoms with E-state index in [1.165, 1.54) is 19.1 Å². The van der Waals surface area contributed by atoms with E-state index in [-0.39, 0.29) is 29.6 Å². The molecule has 1 aliphatic heterocycles. The van der Waals surface area contributed by atoms with Crippen LogP contribution in [0.1, 0.15) is 51.0 Å². The number of benzene rings is 1. The Morgan fingerprint density at radius 2 is 1.63 bits per heavy atom. The van der Waals surface area contributed by atoms with Crippen molar-refractivity contribution in [3.63, 3.8) is 0 Å². The fourth-order valence-corrected chi connectivity index (χ4v) is 7.10.